The first-order valence-corrected chi connectivity index (χ1v) is 9.35. The summed E-state index contributed by atoms with van der Waals surface area (Å²) in [5.74, 6) is 0.260. The third-order valence-corrected chi connectivity index (χ3v) is 5.73. The van der Waals surface area contributed by atoms with Crippen LogP contribution in [0.1, 0.15) is 36.5 Å². The Kier molecular flexibility index (Phi) is 4.41. The zero-order valence-electron chi connectivity index (χ0n) is 13.5. The van der Waals surface area contributed by atoms with Crippen LogP contribution in [0.25, 0.3) is 0 Å². The third kappa shape index (κ3) is 3.41. The molecule has 0 bridgehead atoms. The van der Waals surface area contributed by atoms with Gasteiger partial charge in [-0.3, -0.25) is 4.72 Å². The molecule has 2 aromatic rings. The highest BCUT2D eigenvalue weighted by atomic mass is 32.2. The molecule has 0 saturated carbocycles. The van der Waals surface area contributed by atoms with Crippen LogP contribution >= 0.6 is 0 Å². The maximum atomic E-state index is 12.8. The first-order valence-electron chi connectivity index (χ1n) is 7.91. The molecular weight excluding hydrogens is 308 g/mol. The smallest absolute Gasteiger partial charge is 0.271 e. The molecule has 0 saturated heterocycles. The first-order chi connectivity index (χ1) is 11.0. The molecule has 0 atom stereocenters. The van der Waals surface area contributed by atoms with E-state index < -0.39 is 10.2 Å². The number of hydrogen-bond donors (Lipinski definition) is 1. The van der Waals surface area contributed by atoms with Crippen molar-refractivity contribution in [3.63, 3.8) is 0 Å². The quantitative estimate of drug-likeness (QED) is 0.932. The molecule has 0 aromatic heterocycles. The third-order valence-electron chi connectivity index (χ3n) is 4.26. The number of para-hydroxylation sites is 1. The van der Waals surface area contributed by atoms with Crippen molar-refractivity contribution in [2.75, 3.05) is 11.3 Å². The molecular formula is C18H22N2O2S. The largest absolute Gasteiger partial charge is 0.301 e. The predicted octanol–water partition coefficient (Wildman–Crippen LogP) is 3.53. The van der Waals surface area contributed by atoms with E-state index in [1.165, 1.54) is 9.87 Å². The van der Waals surface area contributed by atoms with Crippen molar-refractivity contribution < 1.29 is 8.42 Å². The van der Waals surface area contributed by atoms with Crippen LogP contribution in [-0.4, -0.2) is 19.3 Å². The van der Waals surface area contributed by atoms with Gasteiger partial charge in [0.25, 0.3) is 0 Å². The molecule has 1 heterocycles. The lowest BCUT2D eigenvalue weighted by Gasteiger charge is -2.28. The number of nitrogens with one attached hydrogen (secondary N) is 1. The lowest BCUT2D eigenvalue weighted by Crippen LogP contribution is -2.39. The first kappa shape index (κ1) is 16.0. The van der Waals surface area contributed by atoms with Crippen molar-refractivity contribution in [1.82, 2.24) is 4.31 Å². The number of rotatable bonds is 4. The molecule has 1 aliphatic heterocycles. The van der Waals surface area contributed by atoms with E-state index in [0.29, 0.717) is 18.8 Å². The van der Waals surface area contributed by atoms with E-state index in [4.69, 9.17) is 0 Å². The standard InChI is InChI=1S/C18H22N2O2S/c1-14(2)17-9-5-6-10-18(17)19-23(21,22)20-12-11-15-7-3-4-8-16(15)13-20/h3-10,14,19H,11-13H2,1-2H3. The normalized spacial score (nSPS) is 15.4. The number of anilines is 1. The highest BCUT2D eigenvalue weighted by Gasteiger charge is 2.27. The second-order valence-corrected chi connectivity index (χ2v) is 7.87. The Labute approximate surface area is 138 Å². The number of benzene rings is 2. The van der Waals surface area contributed by atoms with Crippen LogP contribution in [0.2, 0.25) is 0 Å². The van der Waals surface area contributed by atoms with Gasteiger partial charge in [-0.25, -0.2) is 0 Å². The molecule has 1 aliphatic rings. The molecule has 0 amide bonds. The Morgan fingerprint density at radius 2 is 1.65 bits per heavy atom. The predicted molar refractivity (Wildman–Crippen MR) is 93.6 cm³/mol. The summed E-state index contributed by atoms with van der Waals surface area (Å²) in [7, 11) is -3.55. The minimum atomic E-state index is -3.55. The summed E-state index contributed by atoms with van der Waals surface area (Å²) in [5.41, 5.74) is 4.00. The van der Waals surface area contributed by atoms with Crippen molar-refractivity contribution in [3.05, 3.63) is 65.2 Å². The SMILES string of the molecule is CC(C)c1ccccc1NS(=O)(=O)N1CCc2ccccc2C1. The molecule has 5 heteroatoms. The maximum Gasteiger partial charge on any atom is 0.301 e. The maximum absolute atomic E-state index is 12.8. The molecule has 1 N–H and O–H groups in total. The van der Waals surface area contributed by atoms with Crippen LogP contribution in [0.4, 0.5) is 5.69 Å². The van der Waals surface area contributed by atoms with Gasteiger partial charge in [0, 0.05) is 13.1 Å². The molecule has 0 unspecified atom stereocenters. The van der Waals surface area contributed by atoms with Gasteiger partial charge in [0.1, 0.15) is 0 Å². The number of nitrogens with zero attached hydrogens (tertiary/aromatic N) is 1. The van der Waals surface area contributed by atoms with E-state index in [9.17, 15) is 8.42 Å². The molecule has 0 aliphatic carbocycles. The molecule has 122 valence electrons. The van der Waals surface area contributed by atoms with Crippen LogP contribution in [0.3, 0.4) is 0 Å². The summed E-state index contributed by atoms with van der Waals surface area (Å²) < 4.78 is 29.8. The molecule has 2 aromatic carbocycles. The Balaban J connectivity index is 1.84. The summed E-state index contributed by atoms with van der Waals surface area (Å²) in [6, 6.07) is 15.6. The van der Waals surface area contributed by atoms with E-state index in [-0.39, 0.29) is 5.92 Å². The Morgan fingerprint density at radius 1 is 1.00 bits per heavy atom. The molecule has 0 radical (unpaired) electrons. The summed E-state index contributed by atoms with van der Waals surface area (Å²) in [6.07, 6.45) is 0.753. The number of fused-ring (bicyclic) bond motifs is 1. The van der Waals surface area contributed by atoms with Crippen LogP contribution < -0.4 is 4.72 Å². The second-order valence-electron chi connectivity index (χ2n) is 6.20. The van der Waals surface area contributed by atoms with Crippen LogP contribution in [0, 0.1) is 0 Å². The lowest BCUT2D eigenvalue weighted by molar-refractivity contribution is 0.394. The van der Waals surface area contributed by atoms with Crippen molar-refractivity contribution in [2.45, 2.75) is 32.7 Å². The fourth-order valence-electron chi connectivity index (χ4n) is 2.97. The van der Waals surface area contributed by atoms with Gasteiger partial charge in [0.2, 0.25) is 0 Å². The van der Waals surface area contributed by atoms with Gasteiger partial charge in [-0.2, -0.15) is 12.7 Å². The van der Waals surface area contributed by atoms with Crippen LogP contribution in [0.15, 0.2) is 48.5 Å². The van der Waals surface area contributed by atoms with Crippen LogP contribution in [0.5, 0.6) is 0 Å². The van der Waals surface area contributed by atoms with Gasteiger partial charge in [-0.15, -0.1) is 0 Å². The lowest BCUT2D eigenvalue weighted by atomic mass is 10.0. The van der Waals surface area contributed by atoms with Gasteiger partial charge < -0.3 is 0 Å². The summed E-state index contributed by atoms with van der Waals surface area (Å²) in [4.78, 5) is 0. The molecule has 23 heavy (non-hydrogen) atoms. The van der Waals surface area contributed by atoms with E-state index >= 15 is 0 Å². The average Bonchev–Trinajstić information content (AvgIpc) is 2.54. The van der Waals surface area contributed by atoms with Crippen molar-refractivity contribution >= 4 is 15.9 Å². The minimum absolute atomic E-state index is 0.260. The fourth-order valence-corrected chi connectivity index (χ4v) is 4.21. The van der Waals surface area contributed by atoms with Crippen molar-refractivity contribution in [2.24, 2.45) is 0 Å². The average molecular weight is 330 g/mol. The van der Waals surface area contributed by atoms with E-state index in [0.717, 1.165) is 17.5 Å². The van der Waals surface area contributed by atoms with Crippen LogP contribution in [-0.2, 0) is 23.2 Å². The highest BCUT2D eigenvalue weighted by Crippen LogP contribution is 2.27. The topological polar surface area (TPSA) is 49.4 Å². The van der Waals surface area contributed by atoms with Crippen molar-refractivity contribution in [1.29, 1.82) is 0 Å². The van der Waals surface area contributed by atoms with Gasteiger partial charge in [-0.1, -0.05) is 56.3 Å². The Bertz CT molecular complexity index is 800. The van der Waals surface area contributed by atoms with Gasteiger partial charge in [-0.05, 0) is 35.1 Å². The highest BCUT2D eigenvalue weighted by molar-refractivity contribution is 7.90. The molecule has 0 spiro atoms. The van der Waals surface area contributed by atoms with E-state index in [1.54, 1.807) is 0 Å². The fraction of sp³-hybridized carbons (Fsp3) is 0.333. The zero-order valence-corrected chi connectivity index (χ0v) is 14.3. The monoisotopic (exact) mass is 330 g/mol. The van der Waals surface area contributed by atoms with E-state index in [2.05, 4.69) is 24.6 Å². The number of hydrogen-bond acceptors (Lipinski definition) is 2. The van der Waals surface area contributed by atoms with Crippen molar-refractivity contribution in [3.8, 4) is 0 Å². The minimum Gasteiger partial charge on any atom is -0.271 e. The molecule has 3 rings (SSSR count). The van der Waals surface area contributed by atoms with E-state index in [1.807, 2.05) is 42.5 Å². The summed E-state index contributed by atoms with van der Waals surface area (Å²) >= 11 is 0. The zero-order chi connectivity index (χ0) is 16.4. The van der Waals surface area contributed by atoms with Gasteiger partial charge in [0.15, 0.2) is 0 Å². The van der Waals surface area contributed by atoms with Gasteiger partial charge in [0.05, 0.1) is 5.69 Å². The Morgan fingerprint density at radius 3 is 2.39 bits per heavy atom. The van der Waals surface area contributed by atoms with Gasteiger partial charge >= 0.3 is 10.2 Å². The molecule has 0 fully saturated rings. The summed E-state index contributed by atoms with van der Waals surface area (Å²) in [5, 5.41) is 0. The summed E-state index contributed by atoms with van der Waals surface area (Å²) in [6.45, 7) is 5.06. The Hall–Kier alpha value is -1.85. The molecule has 4 nitrogen and oxygen atoms in total. The second kappa shape index (κ2) is 6.34.